The number of rotatable bonds is 2. The van der Waals surface area contributed by atoms with E-state index in [1.807, 2.05) is 37.5 Å². The fourth-order valence-corrected chi connectivity index (χ4v) is 2.83. The van der Waals surface area contributed by atoms with Crippen LogP contribution in [0.3, 0.4) is 0 Å². The average Bonchev–Trinajstić information content (AvgIpc) is 2.74. The molecule has 0 N–H and O–H groups in total. The Morgan fingerprint density at radius 1 is 1.22 bits per heavy atom. The molecule has 0 bridgehead atoms. The van der Waals surface area contributed by atoms with Crippen molar-refractivity contribution < 1.29 is 0 Å². The molecule has 0 saturated heterocycles. The van der Waals surface area contributed by atoms with E-state index in [2.05, 4.69) is 15.1 Å². The lowest BCUT2D eigenvalue weighted by molar-refractivity contribution is 0.766. The topological polar surface area (TPSA) is 43.6 Å². The Morgan fingerprint density at radius 3 is 2.83 bits per heavy atom. The first kappa shape index (κ1) is 11.5. The van der Waals surface area contributed by atoms with E-state index >= 15 is 0 Å². The van der Waals surface area contributed by atoms with Gasteiger partial charge in [0.05, 0.1) is 16.6 Å². The third-order valence-corrected chi connectivity index (χ3v) is 3.56. The molecule has 90 valence electrons. The maximum Gasteiger partial charge on any atom is 0.224 e. The summed E-state index contributed by atoms with van der Waals surface area (Å²) in [6.45, 7) is 0. The summed E-state index contributed by atoms with van der Waals surface area (Å²) in [6.07, 6.45) is 3.74. The molecule has 2 aromatic heterocycles. The molecule has 0 amide bonds. The Balaban J connectivity index is 2.10. The molecule has 0 radical (unpaired) electrons. The van der Waals surface area contributed by atoms with Gasteiger partial charge in [-0.1, -0.05) is 30.0 Å². The van der Waals surface area contributed by atoms with Crippen LogP contribution in [0.4, 0.5) is 0 Å². The van der Waals surface area contributed by atoms with Crippen LogP contribution in [0.15, 0.2) is 46.6 Å². The van der Waals surface area contributed by atoms with E-state index in [4.69, 9.17) is 11.6 Å². The van der Waals surface area contributed by atoms with Gasteiger partial charge in [-0.15, -0.1) is 0 Å². The Hall–Kier alpha value is -1.59. The monoisotopic (exact) mass is 276 g/mol. The number of aromatic nitrogens is 4. The number of aryl methyl sites for hydroxylation is 1. The molecule has 0 fully saturated rings. The third-order valence-electron chi connectivity index (χ3n) is 2.44. The van der Waals surface area contributed by atoms with Crippen molar-refractivity contribution in [2.45, 2.75) is 9.92 Å². The van der Waals surface area contributed by atoms with Gasteiger partial charge in [0.1, 0.15) is 5.03 Å². The van der Waals surface area contributed by atoms with Gasteiger partial charge in [0.15, 0.2) is 0 Å². The largest absolute Gasteiger partial charge is 0.275 e. The molecule has 18 heavy (non-hydrogen) atoms. The van der Waals surface area contributed by atoms with E-state index in [-0.39, 0.29) is 5.28 Å². The highest BCUT2D eigenvalue weighted by atomic mass is 35.5. The van der Waals surface area contributed by atoms with Gasteiger partial charge >= 0.3 is 0 Å². The van der Waals surface area contributed by atoms with Crippen molar-refractivity contribution in [3.05, 3.63) is 41.9 Å². The Morgan fingerprint density at radius 2 is 2.06 bits per heavy atom. The molecule has 3 rings (SSSR count). The van der Waals surface area contributed by atoms with Crippen molar-refractivity contribution in [1.29, 1.82) is 0 Å². The first-order valence-electron chi connectivity index (χ1n) is 5.31. The smallest absolute Gasteiger partial charge is 0.224 e. The van der Waals surface area contributed by atoms with Gasteiger partial charge in [-0.25, -0.2) is 9.97 Å². The van der Waals surface area contributed by atoms with Crippen LogP contribution >= 0.6 is 23.4 Å². The normalized spacial score (nSPS) is 11.0. The first-order valence-corrected chi connectivity index (χ1v) is 6.50. The fourth-order valence-electron chi connectivity index (χ4n) is 1.66. The molecule has 0 aliphatic rings. The minimum absolute atomic E-state index is 0.264. The maximum absolute atomic E-state index is 5.94. The van der Waals surface area contributed by atoms with Crippen molar-refractivity contribution in [3.8, 4) is 0 Å². The van der Waals surface area contributed by atoms with E-state index in [1.54, 1.807) is 10.9 Å². The molecular weight excluding hydrogens is 268 g/mol. The predicted molar refractivity (Wildman–Crippen MR) is 71.9 cm³/mol. The van der Waals surface area contributed by atoms with E-state index in [0.29, 0.717) is 0 Å². The van der Waals surface area contributed by atoms with Crippen LogP contribution < -0.4 is 0 Å². The second-order valence-electron chi connectivity index (χ2n) is 3.77. The summed E-state index contributed by atoms with van der Waals surface area (Å²) in [5.41, 5.74) is 0.851. The average molecular weight is 277 g/mol. The van der Waals surface area contributed by atoms with Crippen LogP contribution in [0.25, 0.3) is 10.9 Å². The number of para-hydroxylation sites is 1. The summed E-state index contributed by atoms with van der Waals surface area (Å²) in [7, 11) is 1.88. The summed E-state index contributed by atoms with van der Waals surface area (Å²) in [6, 6.07) is 7.82. The fraction of sp³-hybridized carbons (Fsp3) is 0.0833. The Kier molecular flexibility index (Phi) is 2.93. The quantitative estimate of drug-likeness (QED) is 0.533. The van der Waals surface area contributed by atoms with Crippen LogP contribution in [-0.2, 0) is 7.05 Å². The third kappa shape index (κ3) is 2.19. The lowest BCUT2D eigenvalue weighted by atomic mass is 10.2. The van der Waals surface area contributed by atoms with Gasteiger partial charge in [0.2, 0.25) is 5.28 Å². The van der Waals surface area contributed by atoms with Gasteiger partial charge in [0.25, 0.3) is 0 Å². The first-order chi connectivity index (χ1) is 8.72. The molecule has 0 spiro atoms. The van der Waals surface area contributed by atoms with Crippen LogP contribution in [0.1, 0.15) is 0 Å². The summed E-state index contributed by atoms with van der Waals surface area (Å²) < 4.78 is 1.76. The molecule has 4 nitrogen and oxygen atoms in total. The predicted octanol–water partition coefficient (Wildman–Crippen LogP) is 3.17. The molecule has 0 aliphatic carbocycles. The minimum atomic E-state index is 0.264. The highest BCUT2D eigenvalue weighted by Crippen LogP contribution is 2.31. The van der Waals surface area contributed by atoms with E-state index in [0.717, 1.165) is 20.8 Å². The van der Waals surface area contributed by atoms with Crippen LogP contribution in [0.2, 0.25) is 5.28 Å². The van der Waals surface area contributed by atoms with Crippen molar-refractivity contribution in [2.24, 2.45) is 7.05 Å². The molecule has 0 atom stereocenters. The molecule has 1 aromatic carbocycles. The van der Waals surface area contributed by atoms with Crippen molar-refractivity contribution in [3.63, 3.8) is 0 Å². The molecular formula is C12H9ClN4S. The van der Waals surface area contributed by atoms with Gasteiger partial charge in [0, 0.05) is 18.6 Å². The van der Waals surface area contributed by atoms with E-state index < -0.39 is 0 Å². The minimum Gasteiger partial charge on any atom is -0.275 e. The molecule has 0 saturated carbocycles. The number of hydrogen-bond donors (Lipinski definition) is 0. The molecule has 6 heteroatoms. The SMILES string of the molecule is Cn1cc(Sc2nc(Cl)nc3ccccc23)cn1. The van der Waals surface area contributed by atoms with Crippen molar-refractivity contribution in [2.75, 3.05) is 0 Å². The Bertz CT molecular complexity index is 710. The second kappa shape index (κ2) is 4.59. The lowest BCUT2D eigenvalue weighted by Crippen LogP contribution is -1.88. The summed E-state index contributed by atoms with van der Waals surface area (Å²) in [5.74, 6) is 0. The number of halogens is 1. The molecule has 0 aliphatic heterocycles. The number of fused-ring (bicyclic) bond motifs is 1. The lowest BCUT2D eigenvalue weighted by Gasteiger charge is -2.03. The number of benzene rings is 1. The van der Waals surface area contributed by atoms with Gasteiger partial charge in [-0.05, 0) is 17.7 Å². The van der Waals surface area contributed by atoms with Crippen LogP contribution in [-0.4, -0.2) is 19.7 Å². The molecule has 3 aromatic rings. The van der Waals surface area contributed by atoms with Crippen molar-refractivity contribution >= 4 is 34.3 Å². The second-order valence-corrected chi connectivity index (χ2v) is 5.17. The van der Waals surface area contributed by atoms with E-state index in [9.17, 15) is 0 Å². The van der Waals surface area contributed by atoms with Crippen LogP contribution in [0.5, 0.6) is 0 Å². The maximum atomic E-state index is 5.94. The highest BCUT2D eigenvalue weighted by Gasteiger charge is 2.08. The molecule has 0 unspecified atom stereocenters. The van der Waals surface area contributed by atoms with Gasteiger partial charge < -0.3 is 0 Å². The Labute approximate surface area is 113 Å². The number of hydrogen-bond acceptors (Lipinski definition) is 4. The van der Waals surface area contributed by atoms with Gasteiger partial charge in [-0.3, -0.25) is 4.68 Å². The zero-order valence-electron chi connectivity index (χ0n) is 9.54. The summed E-state index contributed by atoms with van der Waals surface area (Å²) in [5, 5.41) is 6.24. The van der Waals surface area contributed by atoms with Crippen molar-refractivity contribution in [1.82, 2.24) is 19.7 Å². The zero-order chi connectivity index (χ0) is 12.5. The molecule has 2 heterocycles. The summed E-state index contributed by atoms with van der Waals surface area (Å²) in [4.78, 5) is 9.51. The zero-order valence-corrected chi connectivity index (χ0v) is 11.1. The number of nitrogens with zero attached hydrogens (tertiary/aromatic N) is 4. The van der Waals surface area contributed by atoms with E-state index in [1.165, 1.54) is 11.8 Å². The summed E-state index contributed by atoms with van der Waals surface area (Å²) >= 11 is 7.47. The van der Waals surface area contributed by atoms with Gasteiger partial charge in [-0.2, -0.15) is 5.10 Å². The van der Waals surface area contributed by atoms with Crippen LogP contribution in [0, 0.1) is 0 Å². The highest BCUT2D eigenvalue weighted by molar-refractivity contribution is 7.99. The standard InChI is InChI=1S/C12H9ClN4S/c1-17-7-8(6-14-17)18-11-9-4-2-3-5-10(9)15-12(13)16-11/h2-7H,1H3.